The molecule has 182 valence electrons. The summed E-state index contributed by atoms with van der Waals surface area (Å²) in [5.74, 6) is 0.878. The van der Waals surface area contributed by atoms with Crippen molar-refractivity contribution >= 4 is 17.0 Å². The Bertz CT molecular complexity index is 1150. The smallest absolute Gasteiger partial charge is 0.206 e. The molecule has 2 saturated heterocycles. The summed E-state index contributed by atoms with van der Waals surface area (Å²) in [4.78, 5) is 10.0. The number of aliphatic hydroxyl groups is 1. The maximum atomic E-state index is 14.3. The van der Waals surface area contributed by atoms with Gasteiger partial charge in [0, 0.05) is 45.8 Å². The maximum Gasteiger partial charge on any atom is 0.206 e. The number of rotatable bonds is 5. The molecule has 0 spiro atoms. The molecule has 1 aromatic heterocycles. The van der Waals surface area contributed by atoms with E-state index >= 15 is 0 Å². The minimum Gasteiger partial charge on any atom is -0.393 e. The van der Waals surface area contributed by atoms with Crippen molar-refractivity contribution < 1.29 is 9.50 Å². The van der Waals surface area contributed by atoms with Crippen molar-refractivity contribution in [1.29, 1.82) is 0 Å². The SMILES string of the molecule is Cc1cc(CN2CCC(O)CC2)c2nc(N3CCNCC3)n(Cc3cc(C)c(F)c(C)c3)c2c1. The molecule has 0 saturated carbocycles. The zero-order valence-corrected chi connectivity index (χ0v) is 20.6. The summed E-state index contributed by atoms with van der Waals surface area (Å²) in [5, 5.41) is 13.4. The zero-order valence-electron chi connectivity index (χ0n) is 20.6. The fourth-order valence-electron chi connectivity index (χ4n) is 5.45. The number of piperazine rings is 1. The molecule has 5 rings (SSSR count). The van der Waals surface area contributed by atoms with E-state index in [9.17, 15) is 9.50 Å². The molecule has 34 heavy (non-hydrogen) atoms. The normalized spacial score (nSPS) is 18.2. The molecule has 2 fully saturated rings. The monoisotopic (exact) mass is 465 g/mol. The lowest BCUT2D eigenvalue weighted by molar-refractivity contribution is 0.0794. The van der Waals surface area contributed by atoms with E-state index in [2.05, 4.69) is 38.7 Å². The highest BCUT2D eigenvalue weighted by atomic mass is 19.1. The lowest BCUT2D eigenvalue weighted by atomic mass is 10.0. The topological polar surface area (TPSA) is 56.6 Å². The highest BCUT2D eigenvalue weighted by molar-refractivity contribution is 5.83. The van der Waals surface area contributed by atoms with Crippen LogP contribution in [0.1, 0.15) is 40.7 Å². The minimum absolute atomic E-state index is 0.119. The fraction of sp³-hybridized carbons (Fsp3) is 0.519. The lowest BCUT2D eigenvalue weighted by Crippen LogP contribution is -2.44. The highest BCUT2D eigenvalue weighted by Crippen LogP contribution is 2.30. The van der Waals surface area contributed by atoms with E-state index in [4.69, 9.17) is 4.98 Å². The number of aliphatic hydroxyl groups excluding tert-OH is 1. The molecule has 0 bridgehead atoms. The summed E-state index contributed by atoms with van der Waals surface area (Å²) < 4.78 is 16.6. The molecule has 3 aromatic rings. The van der Waals surface area contributed by atoms with Crippen LogP contribution in [0.3, 0.4) is 0 Å². The molecule has 2 aliphatic rings. The molecule has 0 radical (unpaired) electrons. The molecule has 0 aliphatic carbocycles. The third-order valence-electron chi connectivity index (χ3n) is 7.24. The first-order valence-corrected chi connectivity index (χ1v) is 12.5. The largest absolute Gasteiger partial charge is 0.393 e. The summed E-state index contributed by atoms with van der Waals surface area (Å²) in [7, 11) is 0. The molecule has 6 nitrogen and oxygen atoms in total. The van der Waals surface area contributed by atoms with Gasteiger partial charge < -0.3 is 19.9 Å². The van der Waals surface area contributed by atoms with Gasteiger partial charge in [-0.15, -0.1) is 0 Å². The second-order valence-electron chi connectivity index (χ2n) is 10.1. The molecule has 0 unspecified atom stereocenters. The standard InChI is InChI=1S/C27H36FN5O/c1-18-12-22(17-31-8-4-23(34)5-9-31)26-24(13-18)33(27(30-26)32-10-6-29-7-11-32)16-21-14-19(2)25(28)20(3)15-21/h12-15,23,29,34H,4-11,16-17H2,1-3H3. The average molecular weight is 466 g/mol. The number of nitrogens with zero attached hydrogens (tertiary/aromatic N) is 4. The van der Waals surface area contributed by atoms with Crippen molar-refractivity contribution in [3.05, 3.63) is 57.9 Å². The number of nitrogens with one attached hydrogen (secondary N) is 1. The van der Waals surface area contributed by atoms with Gasteiger partial charge in [-0.05, 0) is 67.5 Å². The molecule has 3 heterocycles. The first-order chi connectivity index (χ1) is 16.4. The molecular weight excluding hydrogens is 429 g/mol. The van der Waals surface area contributed by atoms with Crippen molar-refractivity contribution in [2.75, 3.05) is 44.2 Å². The summed E-state index contributed by atoms with van der Waals surface area (Å²) in [6, 6.07) is 8.43. The van der Waals surface area contributed by atoms with E-state index in [0.29, 0.717) is 17.7 Å². The van der Waals surface area contributed by atoms with Crippen LogP contribution < -0.4 is 10.2 Å². The van der Waals surface area contributed by atoms with Gasteiger partial charge in [-0.2, -0.15) is 0 Å². The number of anilines is 1. The highest BCUT2D eigenvalue weighted by Gasteiger charge is 2.23. The van der Waals surface area contributed by atoms with Crippen LogP contribution in [0.25, 0.3) is 11.0 Å². The van der Waals surface area contributed by atoms with Crippen LogP contribution in [0.2, 0.25) is 0 Å². The molecule has 2 aliphatic heterocycles. The fourth-order valence-corrected chi connectivity index (χ4v) is 5.45. The van der Waals surface area contributed by atoms with Gasteiger partial charge in [-0.1, -0.05) is 18.2 Å². The third-order valence-corrected chi connectivity index (χ3v) is 7.24. The van der Waals surface area contributed by atoms with Gasteiger partial charge in [0.05, 0.1) is 23.7 Å². The Labute approximate surface area is 201 Å². The van der Waals surface area contributed by atoms with Crippen LogP contribution in [-0.2, 0) is 13.1 Å². The Morgan fingerprint density at radius 1 is 0.971 bits per heavy atom. The van der Waals surface area contributed by atoms with Crippen LogP contribution in [-0.4, -0.2) is 64.9 Å². The third kappa shape index (κ3) is 4.69. The van der Waals surface area contributed by atoms with Gasteiger partial charge in [0.25, 0.3) is 0 Å². The number of aromatic nitrogens is 2. The van der Waals surface area contributed by atoms with Crippen LogP contribution in [0, 0.1) is 26.6 Å². The molecule has 0 atom stereocenters. The summed E-state index contributed by atoms with van der Waals surface area (Å²) in [6.45, 7) is 12.9. The number of piperidine rings is 1. The number of hydrogen-bond donors (Lipinski definition) is 2. The molecule has 7 heteroatoms. The van der Waals surface area contributed by atoms with E-state index in [1.807, 2.05) is 26.0 Å². The van der Waals surface area contributed by atoms with Crippen molar-refractivity contribution in [3.63, 3.8) is 0 Å². The molecular formula is C27H36FN5O. The van der Waals surface area contributed by atoms with Crippen LogP contribution in [0.5, 0.6) is 0 Å². The number of aryl methyl sites for hydroxylation is 3. The maximum absolute atomic E-state index is 14.3. The first kappa shape index (κ1) is 23.3. The van der Waals surface area contributed by atoms with E-state index in [1.165, 1.54) is 11.1 Å². The van der Waals surface area contributed by atoms with Crippen LogP contribution >= 0.6 is 0 Å². The van der Waals surface area contributed by atoms with Gasteiger partial charge >= 0.3 is 0 Å². The Hall–Kier alpha value is -2.48. The number of imidazole rings is 1. The zero-order chi connectivity index (χ0) is 23.8. The predicted octanol–water partition coefficient (Wildman–Crippen LogP) is 3.52. The summed E-state index contributed by atoms with van der Waals surface area (Å²) in [6.07, 6.45) is 1.49. The number of likely N-dealkylation sites (tertiary alicyclic amines) is 1. The number of hydrogen-bond acceptors (Lipinski definition) is 5. The van der Waals surface area contributed by atoms with Gasteiger partial charge in [-0.3, -0.25) is 4.90 Å². The quantitative estimate of drug-likeness (QED) is 0.604. The molecule has 0 amide bonds. The molecule has 2 N–H and O–H groups in total. The Balaban J connectivity index is 1.58. The summed E-state index contributed by atoms with van der Waals surface area (Å²) in [5.41, 5.74) is 7.13. The molecule has 2 aromatic carbocycles. The van der Waals surface area contributed by atoms with Crippen LogP contribution in [0.15, 0.2) is 24.3 Å². The van der Waals surface area contributed by atoms with Gasteiger partial charge in [0.1, 0.15) is 5.82 Å². The second-order valence-corrected chi connectivity index (χ2v) is 10.1. The van der Waals surface area contributed by atoms with E-state index in [0.717, 1.165) is 81.2 Å². The van der Waals surface area contributed by atoms with Gasteiger partial charge in [0.15, 0.2) is 0 Å². The first-order valence-electron chi connectivity index (χ1n) is 12.5. The summed E-state index contributed by atoms with van der Waals surface area (Å²) >= 11 is 0. The van der Waals surface area contributed by atoms with Crippen molar-refractivity contribution in [2.24, 2.45) is 0 Å². The van der Waals surface area contributed by atoms with E-state index in [-0.39, 0.29) is 11.9 Å². The van der Waals surface area contributed by atoms with E-state index in [1.54, 1.807) is 0 Å². The number of fused-ring (bicyclic) bond motifs is 1. The lowest BCUT2D eigenvalue weighted by Gasteiger charge is -2.29. The second kappa shape index (κ2) is 9.64. The Kier molecular flexibility index (Phi) is 6.60. The number of halogens is 1. The number of benzene rings is 2. The average Bonchev–Trinajstić information content (AvgIpc) is 3.17. The Morgan fingerprint density at radius 3 is 2.32 bits per heavy atom. The van der Waals surface area contributed by atoms with Crippen LogP contribution in [0.4, 0.5) is 10.3 Å². The van der Waals surface area contributed by atoms with Crippen molar-refractivity contribution in [2.45, 2.75) is 52.8 Å². The predicted molar refractivity (Wildman–Crippen MR) is 135 cm³/mol. The van der Waals surface area contributed by atoms with Gasteiger partial charge in [-0.25, -0.2) is 9.37 Å². The van der Waals surface area contributed by atoms with Crippen molar-refractivity contribution in [3.8, 4) is 0 Å². The van der Waals surface area contributed by atoms with E-state index < -0.39 is 0 Å². The minimum atomic E-state index is -0.171. The Morgan fingerprint density at radius 2 is 1.65 bits per heavy atom. The van der Waals surface area contributed by atoms with Crippen molar-refractivity contribution in [1.82, 2.24) is 19.8 Å². The van der Waals surface area contributed by atoms with Gasteiger partial charge in [0.2, 0.25) is 5.95 Å².